The van der Waals surface area contributed by atoms with Crippen molar-refractivity contribution in [3.8, 4) is 0 Å². The molecule has 0 N–H and O–H groups in total. The van der Waals surface area contributed by atoms with E-state index in [9.17, 15) is 19.3 Å². The number of nitro benzene ring substituents is 1. The van der Waals surface area contributed by atoms with Crippen molar-refractivity contribution in [2.75, 3.05) is 0 Å². The third-order valence-corrected chi connectivity index (χ3v) is 3.34. The molecule has 0 amide bonds. The maximum Gasteiger partial charge on any atom is 0.305 e. The van der Waals surface area contributed by atoms with E-state index in [1.807, 2.05) is 13.0 Å². The minimum atomic E-state index is -0.846. The van der Waals surface area contributed by atoms with Crippen LogP contribution < -0.4 is 0 Å². The highest BCUT2D eigenvalue weighted by Crippen LogP contribution is 2.35. The van der Waals surface area contributed by atoms with E-state index in [0.717, 1.165) is 12.4 Å². The molecular weight excluding hydrogens is 249 g/mol. The quantitative estimate of drug-likeness (QED) is 0.477. The van der Waals surface area contributed by atoms with Gasteiger partial charge in [0.05, 0.1) is 4.92 Å². The highest BCUT2D eigenvalue weighted by Gasteiger charge is 2.27. The number of hydrogen-bond acceptors (Lipinski definition) is 3. The summed E-state index contributed by atoms with van der Waals surface area (Å²) < 4.78 is 13.3. The van der Waals surface area contributed by atoms with E-state index in [1.165, 1.54) is 12.1 Å². The number of carbonyl (C=O) groups is 1. The van der Waals surface area contributed by atoms with E-state index in [4.69, 9.17) is 0 Å². The average Bonchev–Trinajstić information content (AvgIpc) is 2.39. The van der Waals surface area contributed by atoms with Crippen LogP contribution in [0.3, 0.4) is 0 Å². The summed E-state index contributed by atoms with van der Waals surface area (Å²) in [6, 6.07) is 3.89. The van der Waals surface area contributed by atoms with Crippen LogP contribution >= 0.6 is 0 Å². The standard InChI is InChI=1S/C14H12FNO3/c1-14(6-4-10(9-17)5-7-14)11-2-3-12(15)13(8-11)16(18)19/h2-6,8-9H,7H2,1H3. The van der Waals surface area contributed by atoms with Crippen molar-refractivity contribution in [2.24, 2.45) is 0 Å². The Kier molecular flexibility index (Phi) is 3.29. The van der Waals surface area contributed by atoms with Gasteiger partial charge in [0.2, 0.25) is 5.82 Å². The van der Waals surface area contributed by atoms with E-state index in [-0.39, 0.29) is 0 Å². The van der Waals surface area contributed by atoms with Crippen LogP contribution in [-0.2, 0) is 10.2 Å². The van der Waals surface area contributed by atoms with Crippen molar-refractivity contribution in [3.05, 3.63) is 63.5 Å². The van der Waals surface area contributed by atoms with Crippen LogP contribution in [0.1, 0.15) is 18.9 Å². The van der Waals surface area contributed by atoms with Gasteiger partial charge in [-0.2, -0.15) is 4.39 Å². The van der Waals surface area contributed by atoms with Crippen molar-refractivity contribution < 1.29 is 14.1 Å². The Morgan fingerprint density at radius 2 is 2.21 bits per heavy atom. The molecule has 0 spiro atoms. The van der Waals surface area contributed by atoms with Crippen molar-refractivity contribution in [3.63, 3.8) is 0 Å². The van der Waals surface area contributed by atoms with Crippen LogP contribution in [0.2, 0.25) is 0 Å². The summed E-state index contributed by atoms with van der Waals surface area (Å²) in [6.07, 6.45) is 6.55. The van der Waals surface area contributed by atoms with Gasteiger partial charge in [-0.05, 0) is 18.1 Å². The minimum absolute atomic E-state index is 0.467. The number of aldehydes is 1. The lowest BCUT2D eigenvalue weighted by Gasteiger charge is -2.27. The first-order valence-corrected chi connectivity index (χ1v) is 5.75. The molecule has 0 bridgehead atoms. The minimum Gasteiger partial charge on any atom is -0.298 e. The van der Waals surface area contributed by atoms with Gasteiger partial charge >= 0.3 is 5.69 Å². The fraction of sp³-hybridized carbons (Fsp3) is 0.214. The molecule has 0 radical (unpaired) electrons. The lowest BCUT2D eigenvalue weighted by atomic mass is 9.76. The SMILES string of the molecule is CC1(c2ccc(F)c([N+](=O)[O-])c2)C=CC(C=O)=CC1. The highest BCUT2D eigenvalue weighted by molar-refractivity contribution is 5.78. The Morgan fingerprint density at radius 1 is 1.47 bits per heavy atom. The van der Waals surface area contributed by atoms with Gasteiger partial charge in [0, 0.05) is 17.1 Å². The van der Waals surface area contributed by atoms with Gasteiger partial charge in [-0.25, -0.2) is 0 Å². The fourth-order valence-corrected chi connectivity index (χ4v) is 2.06. The summed E-state index contributed by atoms with van der Waals surface area (Å²) in [7, 11) is 0. The number of nitrogens with zero attached hydrogens (tertiary/aromatic N) is 1. The molecule has 1 aromatic rings. The van der Waals surface area contributed by atoms with Crippen LogP contribution in [-0.4, -0.2) is 11.2 Å². The maximum atomic E-state index is 13.3. The lowest BCUT2D eigenvalue weighted by Crippen LogP contribution is -2.20. The molecule has 0 heterocycles. The van der Waals surface area contributed by atoms with E-state index in [1.54, 1.807) is 12.2 Å². The summed E-state index contributed by atoms with van der Waals surface area (Å²) in [4.78, 5) is 20.7. The first-order valence-electron chi connectivity index (χ1n) is 5.75. The number of rotatable bonds is 3. The number of carbonyl (C=O) groups excluding carboxylic acids is 1. The van der Waals surface area contributed by atoms with Gasteiger partial charge in [0.15, 0.2) is 0 Å². The van der Waals surface area contributed by atoms with Gasteiger partial charge in [0.1, 0.15) is 6.29 Å². The molecule has 1 aliphatic carbocycles. The van der Waals surface area contributed by atoms with E-state index in [2.05, 4.69) is 0 Å². The lowest BCUT2D eigenvalue weighted by molar-refractivity contribution is -0.387. The highest BCUT2D eigenvalue weighted by atomic mass is 19.1. The summed E-state index contributed by atoms with van der Waals surface area (Å²) in [5.41, 5.74) is 0.231. The Balaban J connectivity index is 2.41. The normalized spacial score (nSPS) is 21.9. The van der Waals surface area contributed by atoms with Crippen molar-refractivity contribution in [1.29, 1.82) is 0 Å². The first-order chi connectivity index (χ1) is 8.96. The van der Waals surface area contributed by atoms with Gasteiger partial charge in [-0.15, -0.1) is 0 Å². The van der Waals surface area contributed by atoms with Crippen molar-refractivity contribution in [1.82, 2.24) is 0 Å². The van der Waals surface area contributed by atoms with Crippen LogP contribution in [0.25, 0.3) is 0 Å². The Morgan fingerprint density at radius 3 is 2.74 bits per heavy atom. The monoisotopic (exact) mass is 261 g/mol. The zero-order chi connectivity index (χ0) is 14.0. The number of halogens is 1. The van der Waals surface area contributed by atoms with Crippen LogP contribution in [0.4, 0.5) is 10.1 Å². The summed E-state index contributed by atoms with van der Waals surface area (Å²) in [6.45, 7) is 1.89. The van der Waals surface area contributed by atoms with Gasteiger partial charge < -0.3 is 0 Å². The predicted octanol–water partition coefficient (Wildman–Crippen LogP) is 3.08. The number of allylic oxidation sites excluding steroid dienone is 4. The molecule has 4 nitrogen and oxygen atoms in total. The average molecular weight is 261 g/mol. The van der Waals surface area contributed by atoms with E-state index < -0.39 is 21.8 Å². The summed E-state index contributed by atoms with van der Waals surface area (Å²) in [5, 5.41) is 10.7. The molecule has 19 heavy (non-hydrogen) atoms. The van der Waals surface area contributed by atoms with Crippen LogP contribution in [0.15, 0.2) is 42.0 Å². The Hall–Kier alpha value is -2.30. The summed E-state index contributed by atoms with van der Waals surface area (Å²) >= 11 is 0. The van der Waals surface area contributed by atoms with Gasteiger partial charge in [-0.1, -0.05) is 31.2 Å². The molecule has 5 heteroatoms. The second-order valence-corrected chi connectivity index (χ2v) is 4.70. The van der Waals surface area contributed by atoms with Crippen LogP contribution in [0.5, 0.6) is 0 Å². The summed E-state index contributed by atoms with van der Waals surface area (Å²) in [5.74, 6) is -0.846. The molecule has 1 aromatic carbocycles. The Bertz CT molecular complexity index is 607. The molecule has 1 unspecified atom stereocenters. The molecule has 0 fully saturated rings. The van der Waals surface area contributed by atoms with E-state index in [0.29, 0.717) is 17.6 Å². The third kappa shape index (κ3) is 2.45. The van der Waals surface area contributed by atoms with E-state index >= 15 is 0 Å². The maximum absolute atomic E-state index is 13.3. The van der Waals surface area contributed by atoms with Gasteiger partial charge in [-0.3, -0.25) is 14.9 Å². The molecule has 2 rings (SSSR count). The zero-order valence-corrected chi connectivity index (χ0v) is 10.3. The predicted molar refractivity (Wildman–Crippen MR) is 68.3 cm³/mol. The molecule has 0 aromatic heterocycles. The van der Waals surface area contributed by atoms with Crippen molar-refractivity contribution >= 4 is 12.0 Å². The zero-order valence-electron chi connectivity index (χ0n) is 10.3. The fourth-order valence-electron chi connectivity index (χ4n) is 2.06. The largest absolute Gasteiger partial charge is 0.305 e. The first kappa shape index (κ1) is 13.1. The third-order valence-electron chi connectivity index (χ3n) is 3.34. The second kappa shape index (κ2) is 4.76. The molecule has 0 saturated carbocycles. The molecule has 0 saturated heterocycles. The second-order valence-electron chi connectivity index (χ2n) is 4.70. The molecule has 1 aliphatic rings. The molecular formula is C14H12FNO3. The topological polar surface area (TPSA) is 60.2 Å². The molecule has 0 aliphatic heterocycles. The Labute approximate surface area is 109 Å². The van der Waals surface area contributed by atoms with Crippen LogP contribution in [0, 0.1) is 15.9 Å². The number of hydrogen-bond donors (Lipinski definition) is 0. The number of nitro groups is 1. The van der Waals surface area contributed by atoms with Gasteiger partial charge in [0.25, 0.3) is 0 Å². The molecule has 1 atom stereocenters. The van der Waals surface area contributed by atoms with Crippen molar-refractivity contribution in [2.45, 2.75) is 18.8 Å². The number of benzene rings is 1. The molecule has 98 valence electrons. The smallest absolute Gasteiger partial charge is 0.298 e.